The highest BCUT2D eigenvalue weighted by atomic mass is 32.2. The van der Waals surface area contributed by atoms with Crippen LogP contribution in [0.25, 0.3) is 0 Å². The van der Waals surface area contributed by atoms with Gasteiger partial charge in [-0.2, -0.15) is 11.8 Å². The number of thioether (sulfide) groups is 1. The lowest BCUT2D eigenvalue weighted by Crippen LogP contribution is -2.50. The second kappa shape index (κ2) is 10.6. The highest BCUT2D eigenvalue weighted by molar-refractivity contribution is 7.99. The Hall–Kier alpha value is -0.260. The summed E-state index contributed by atoms with van der Waals surface area (Å²) in [5.74, 6) is 1.81. The Morgan fingerprint density at radius 2 is 2.06 bits per heavy atom. The summed E-state index contributed by atoms with van der Waals surface area (Å²) >= 11 is 1.82. The molecular weight excluding hydrogens is 250 g/mol. The van der Waals surface area contributed by atoms with Crippen LogP contribution in [0, 0.1) is 0 Å². The maximum atomic E-state index is 11.8. The number of aliphatic hydroxyl groups excluding tert-OH is 1. The molecule has 4 nitrogen and oxygen atoms in total. The zero-order valence-corrected chi connectivity index (χ0v) is 12.6. The topological polar surface area (TPSA) is 58.6 Å². The largest absolute Gasteiger partial charge is 0.468 e. The van der Waals surface area contributed by atoms with Crippen molar-refractivity contribution in [2.45, 2.75) is 45.1 Å². The van der Waals surface area contributed by atoms with Gasteiger partial charge >= 0.3 is 5.97 Å². The van der Waals surface area contributed by atoms with Crippen molar-refractivity contribution in [1.82, 2.24) is 5.32 Å². The van der Waals surface area contributed by atoms with E-state index in [4.69, 9.17) is 9.84 Å². The van der Waals surface area contributed by atoms with Gasteiger partial charge in [0.1, 0.15) is 5.54 Å². The predicted octanol–water partition coefficient (Wildman–Crippen LogP) is 1.81. The van der Waals surface area contributed by atoms with Gasteiger partial charge in [0.05, 0.1) is 7.11 Å². The summed E-state index contributed by atoms with van der Waals surface area (Å²) in [4.78, 5) is 11.8. The first kappa shape index (κ1) is 17.7. The second-order valence-electron chi connectivity index (χ2n) is 4.54. The van der Waals surface area contributed by atoms with Crippen LogP contribution in [-0.2, 0) is 9.53 Å². The van der Waals surface area contributed by atoms with E-state index in [0.29, 0.717) is 0 Å². The van der Waals surface area contributed by atoms with Gasteiger partial charge in [0.2, 0.25) is 0 Å². The van der Waals surface area contributed by atoms with Crippen LogP contribution in [0.15, 0.2) is 0 Å². The zero-order chi connectivity index (χ0) is 13.9. The predicted molar refractivity (Wildman–Crippen MR) is 77.0 cm³/mol. The van der Waals surface area contributed by atoms with Gasteiger partial charge in [0, 0.05) is 6.61 Å². The number of aliphatic hydroxyl groups is 1. The van der Waals surface area contributed by atoms with Crippen LogP contribution in [0.4, 0.5) is 0 Å². The molecule has 0 amide bonds. The molecule has 0 fully saturated rings. The number of ether oxygens (including phenoxy) is 1. The van der Waals surface area contributed by atoms with E-state index in [9.17, 15) is 4.79 Å². The van der Waals surface area contributed by atoms with Crippen molar-refractivity contribution in [3.05, 3.63) is 0 Å². The molecule has 0 aromatic rings. The summed E-state index contributed by atoms with van der Waals surface area (Å²) in [7, 11) is 1.43. The average Bonchev–Trinajstić information content (AvgIpc) is 2.39. The molecule has 0 rings (SSSR count). The first-order chi connectivity index (χ1) is 8.60. The van der Waals surface area contributed by atoms with E-state index in [2.05, 4.69) is 12.2 Å². The van der Waals surface area contributed by atoms with Crippen LogP contribution in [0.5, 0.6) is 0 Å². The highest BCUT2D eigenvalue weighted by Crippen LogP contribution is 2.17. The number of carbonyl (C=O) groups is 1. The third-order valence-electron chi connectivity index (χ3n) is 2.81. The van der Waals surface area contributed by atoms with E-state index in [1.165, 1.54) is 7.11 Å². The monoisotopic (exact) mass is 277 g/mol. The summed E-state index contributed by atoms with van der Waals surface area (Å²) in [6.07, 6.45) is 3.59. The molecule has 1 atom stereocenters. The Morgan fingerprint density at radius 3 is 2.61 bits per heavy atom. The van der Waals surface area contributed by atoms with E-state index >= 15 is 0 Å². The van der Waals surface area contributed by atoms with Crippen LogP contribution in [0.3, 0.4) is 0 Å². The molecule has 0 aliphatic carbocycles. The van der Waals surface area contributed by atoms with Crippen molar-refractivity contribution in [3.8, 4) is 0 Å². The average molecular weight is 277 g/mol. The summed E-state index contributed by atoms with van der Waals surface area (Å²) in [5.41, 5.74) is -0.567. The van der Waals surface area contributed by atoms with E-state index in [-0.39, 0.29) is 12.6 Å². The quantitative estimate of drug-likeness (QED) is 0.445. The molecule has 0 spiro atoms. The molecule has 0 aliphatic rings. The molecule has 0 aromatic heterocycles. The Kier molecular flexibility index (Phi) is 10.5. The molecule has 0 saturated heterocycles. The SMILES string of the molecule is CCCNC(C)(CCCSCCCO)C(=O)OC. The van der Waals surface area contributed by atoms with Gasteiger partial charge in [-0.3, -0.25) is 4.79 Å². The fourth-order valence-electron chi connectivity index (χ4n) is 1.69. The molecule has 0 aliphatic heterocycles. The van der Waals surface area contributed by atoms with Crippen LogP contribution >= 0.6 is 11.8 Å². The molecule has 108 valence electrons. The van der Waals surface area contributed by atoms with Crippen molar-refractivity contribution in [3.63, 3.8) is 0 Å². The molecular formula is C13H27NO3S. The summed E-state index contributed by atoms with van der Waals surface area (Å²) < 4.78 is 4.87. The van der Waals surface area contributed by atoms with Gasteiger partial charge in [-0.15, -0.1) is 0 Å². The first-order valence-corrected chi connectivity index (χ1v) is 7.78. The smallest absolute Gasteiger partial charge is 0.325 e. The number of methoxy groups -OCH3 is 1. The van der Waals surface area contributed by atoms with E-state index in [0.717, 1.165) is 43.7 Å². The standard InChI is InChI=1S/C13H27NO3S/c1-4-8-14-13(2,12(16)17-3)7-5-10-18-11-6-9-15/h14-15H,4-11H2,1-3H3. The van der Waals surface area contributed by atoms with Crippen molar-refractivity contribution < 1.29 is 14.6 Å². The number of nitrogens with one attached hydrogen (secondary N) is 1. The Bertz CT molecular complexity index is 226. The molecule has 2 N–H and O–H groups in total. The number of carbonyl (C=O) groups excluding carboxylic acids is 1. The van der Waals surface area contributed by atoms with E-state index in [1.54, 1.807) is 0 Å². The zero-order valence-electron chi connectivity index (χ0n) is 11.8. The first-order valence-electron chi connectivity index (χ1n) is 6.62. The lowest BCUT2D eigenvalue weighted by Gasteiger charge is -2.28. The fourth-order valence-corrected chi connectivity index (χ4v) is 2.57. The van der Waals surface area contributed by atoms with Crippen molar-refractivity contribution in [1.29, 1.82) is 0 Å². The lowest BCUT2D eigenvalue weighted by atomic mass is 9.96. The molecule has 0 saturated carbocycles. The number of rotatable bonds is 11. The third-order valence-corrected chi connectivity index (χ3v) is 3.97. The number of hydrogen-bond donors (Lipinski definition) is 2. The van der Waals surface area contributed by atoms with Crippen molar-refractivity contribution >= 4 is 17.7 Å². The van der Waals surface area contributed by atoms with Gasteiger partial charge in [0.15, 0.2) is 0 Å². The van der Waals surface area contributed by atoms with Gasteiger partial charge in [-0.25, -0.2) is 0 Å². The Labute approximate surface area is 115 Å². The molecule has 0 aromatic carbocycles. The minimum Gasteiger partial charge on any atom is -0.468 e. The maximum Gasteiger partial charge on any atom is 0.325 e. The second-order valence-corrected chi connectivity index (χ2v) is 5.77. The Morgan fingerprint density at radius 1 is 1.39 bits per heavy atom. The molecule has 18 heavy (non-hydrogen) atoms. The van der Waals surface area contributed by atoms with E-state index in [1.807, 2.05) is 18.7 Å². The molecule has 0 radical (unpaired) electrons. The summed E-state index contributed by atoms with van der Waals surface area (Å²) in [6.45, 7) is 5.07. The van der Waals surface area contributed by atoms with E-state index < -0.39 is 5.54 Å². The van der Waals surface area contributed by atoms with Crippen molar-refractivity contribution in [2.24, 2.45) is 0 Å². The molecule has 5 heteroatoms. The lowest BCUT2D eigenvalue weighted by molar-refractivity contribution is -0.148. The molecule has 0 heterocycles. The normalized spacial score (nSPS) is 14.2. The molecule has 0 bridgehead atoms. The van der Waals surface area contributed by atoms with Crippen LogP contribution in [0.1, 0.15) is 39.5 Å². The number of esters is 1. The van der Waals surface area contributed by atoms with Gasteiger partial charge in [-0.05, 0) is 50.7 Å². The van der Waals surface area contributed by atoms with Gasteiger partial charge in [0.25, 0.3) is 0 Å². The van der Waals surface area contributed by atoms with Gasteiger partial charge < -0.3 is 15.2 Å². The molecule has 1 unspecified atom stereocenters. The van der Waals surface area contributed by atoms with Crippen molar-refractivity contribution in [2.75, 3.05) is 31.8 Å². The van der Waals surface area contributed by atoms with Gasteiger partial charge in [-0.1, -0.05) is 6.92 Å². The van der Waals surface area contributed by atoms with Crippen LogP contribution in [-0.4, -0.2) is 48.4 Å². The summed E-state index contributed by atoms with van der Waals surface area (Å²) in [6, 6.07) is 0. The third kappa shape index (κ3) is 7.24. The van der Waals surface area contributed by atoms with Crippen LogP contribution in [0.2, 0.25) is 0 Å². The maximum absolute atomic E-state index is 11.8. The Balaban J connectivity index is 3.97. The van der Waals surface area contributed by atoms with Crippen LogP contribution < -0.4 is 5.32 Å². The highest BCUT2D eigenvalue weighted by Gasteiger charge is 2.32. The minimum atomic E-state index is -0.567. The fraction of sp³-hybridized carbons (Fsp3) is 0.923. The minimum absolute atomic E-state index is 0.184. The number of hydrogen-bond acceptors (Lipinski definition) is 5. The summed E-state index contributed by atoms with van der Waals surface area (Å²) in [5, 5.41) is 11.9.